The van der Waals surface area contributed by atoms with Crippen LogP contribution in [0.4, 0.5) is 4.79 Å². The average Bonchev–Trinajstić information content (AvgIpc) is 3.06. The van der Waals surface area contributed by atoms with Gasteiger partial charge in [-0.05, 0) is 54.6 Å². The van der Waals surface area contributed by atoms with Crippen LogP contribution in [-0.4, -0.2) is 56.3 Å². The smallest absolute Gasteiger partial charge is 0.293 e. The maximum Gasteiger partial charge on any atom is 0.293 e. The molecule has 1 saturated heterocycles. The van der Waals surface area contributed by atoms with Gasteiger partial charge in [0.2, 0.25) is 5.91 Å². The largest absolute Gasteiger partial charge is 0.497 e. The Kier molecular flexibility index (Phi) is 7.93. The number of benzene rings is 2. The van der Waals surface area contributed by atoms with Crippen LogP contribution < -0.4 is 10.1 Å². The zero-order valence-electron chi connectivity index (χ0n) is 18.2. The van der Waals surface area contributed by atoms with E-state index in [2.05, 4.69) is 5.32 Å². The minimum Gasteiger partial charge on any atom is -0.497 e. The van der Waals surface area contributed by atoms with Gasteiger partial charge in [0.15, 0.2) is 9.84 Å². The Hall–Kier alpha value is -3.11. The highest BCUT2D eigenvalue weighted by Gasteiger charge is 2.34. The van der Waals surface area contributed by atoms with Gasteiger partial charge < -0.3 is 10.1 Å². The first-order chi connectivity index (χ1) is 15.7. The Balaban J connectivity index is 1.49. The summed E-state index contributed by atoms with van der Waals surface area (Å²) >= 11 is 0.833. The molecule has 1 aliphatic heterocycles. The first kappa shape index (κ1) is 24.5. The first-order valence-corrected chi connectivity index (χ1v) is 12.6. The molecule has 0 aliphatic carbocycles. The molecule has 3 rings (SSSR count). The SMILES string of the molecule is COc1ccc(/C=C2\SC(=O)N(CCNC(=O)CCS(=O)(=O)c3ccc(C)cc3)C2=O)cc1. The molecule has 8 nitrogen and oxygen atoms in total. The van der Waals surface area contributed by atoms with E-state index in [9.17, 15) is 22.8 Å². The summed E-state index contributed by atoms with van der Waals surface area (Å²) in [6.07, 6.45) is 1.41. The Labute approximate surface area is 196 Å². The van der Waals surface area contributed by atoms with E-state index in [0.29, 0.717) is 10.7 Å². The van der Waals surface area contributed by atoms with Crippen molar-refractivity contribution >= 4 is 44.7 Å². The van der Waals surface area contributed by atoms with Gasteiger partial charge in [0, 0.05) is 19.5 Å². The van der Waals surface area contributed by atoms with Gasteiger partial charge in [-0.1, -0.05) is 29.8 Å². The molecule has 2 aromatic carbocycles. The van der Waals surface area contributed by atoms with E-state index in [4.69, 9.17) is 4.74 Å². The number of carbonyl (C=O) groups excluding carboxylic acids is 3. The van der Waals surface area contributed by atoms with E-state index >= 15 is 0 Å². The second-order valence-corrected chi connectivity index (χ2v) is 10.4. The molecule has 33 heavy (non-hydrogen) atoms. The molecule has 1 fully saturated rings. The lowest BCUT2D eigenvalue weighted by atomic mass is 10.2. The summed E-state index contributed by atoms with van der Waals surface area (Å²) in [4.78, 5) is 38.4. The predicted octanol–water partition coefficient (Wildman–Crippen LogP) is 3.02. The zero-order valence-corrected chi connectivity index (χ0v) is 19.9. The van der Waals surface area contributed by atoms with Crippen LogP contribution >= 0.6 is 11.8 Å². The van der Waals surface area contributed by atoms with E-state index in [1.165, 1.54) is 12.1 Å². The number of carbonyl (C=O) groups is 3. The highest BCUT2D eigenvalue weighted by molar-refractivity contribution is 8.18. The number of nitrogens with one attached hydrogen (secondary N) is 1. The molecule has 174 valence electrons. The van der Waals surface area contributed by atoms with Crippen LogP contribution in [0.3, 0.4) is 0 Å². The molecule has 0 bridgehead atoms. The number of ether oxygens (including phenoxy) is 1. The van der Waals surface area contributed by atoms with Gasteiger partial charge in [0.05, 0.1) is 22.7 Å². The lowest BCUT2D eigenvalue weighted by Gasteiger charge is -2.13. The molecule has 0 radical (unpaired) electrons. The van der Waals surface area contributed by atoms with Gasteiger partial charge in [-0.2, -0.15) is 0 Å². The lowest BCUT2D eigenvalue weighted by Crippen LogP contribution is -2.37. The summed E-state index contributed by atoms with van der Waals surface area (Å²) in [5.41, 5.74) is 1.70. The molecule has 0 aromatic heterocycles. The second-order valence-electron chi connectivity index (χ2n) is 7.34. The summed E-state index contributed by atoms with van der Waals surface area (Å²) < 4.78 is 29.8. The van der Waals surface area contributed by atoms with E-state index in [1.807, 2.05) is 6.92 Å². The number of rotatable bonds is 9. The molecular weight excluding hydrogens is 464 g/mol. The van der Waals surface area contributed by atoms with Crippen molar-refractivity contribution in [3.05, 3.63) is 64.6 Å². The summed E-state index contributed by atoms with van der Waals surface area (Å²) in [6, 6.07) is 13.5. The number of hydrogen-bond acceptors (Lipinski definition) is 7. The maximum absolute atomic E-state index is 12.6. The standard InChI is InChI=1S/C23H24N2O6S2/c1-16-3-9-19(10-4-16)33(29,30)14-11-21(26)24-12-13-25-22(27)20(32-23(25)28)15-17-5-7-18(31-2)8-6-17/h3-10,15H,11-14H2,1-2H3,(H,24,26)/b20-15-. The predicted molar refractivity (Wildman–Crippen MR) is 127 cm³/mol. The fraction of sp³-hybridized carbons (Fsp3) is 0.261. The highest BCUT2D eigenvalue weighted by atomic mass is 32.2. The minimum absolute atomic E-state index is 0.00106. The molecule has 1 aliphatic rings. The van der Waals surface area contributed by atoms with Gasteiger partial charge >= 0.3 is 0 Å². The van der Waals surface area contributed by atoms with Crippen LogP contribution in [-0.2, 0) is 19.4 Å². The van der Waals surface area contributed by atoms with Gasteiger partial charge in [-0.15, -0.1) is 0 Å². The minimum atomic E-state index is -3.57. The van der Waals surface area contributed by atoms with Crippen LogP contribution in [0.25, 0.3) is 6.08 Å². The van der Waals surface area contributed by atoms with Crippen molar-refractivity contribution in [2.24, 2.45) is 0 Å². The number of nitrogens with zero attached hydrogens (tertiary/aromatic N) is 1. The lowest BCUT2D eigenvalue weighted by molar-refractivity contribution is -0.124. The number of thioether (sulfide) groups is 1. The molecule has 10 heteroatoms. The van der Waals surface area contributed by atoms with Crippen LogP contribution in [0.1, 0.15) is 17.5 Å². The van der Waals surface area contributed by atoms with Crippen LogP contribution in [0.5, 0.6) is 5.75 Å². The highest BCUT2D eigenvalue weighted by Crippen LogP contribution is 2.32. The van der Waals surface area contributed by atoms with E-state index < -0.39 is 26.9 Å². The topological polar surface area (TPSA) is 110 Å². The summed E-state index contributed by atoms with van der Waals surface area (Å²) in [5.74, 6) is -0.542. The number of hydrogen-bond donors (Lipinski definition) is 1. The number of aryl methyl sites for hydroxylation is 1. The fourth-order valence-electron chi connectivity index (χ4n) is 3.03. The number of sulfone groups is 1. The Morgan fingerprint density at radius 1 is 1.09 bits per heavy atom. The maximum atomic E-state index is 12.6. The van der Waals surface area contributed by atoms with Crippen molar-refractivity contribution in [3.8, 4) is 5.75 Å². The molecule has 0 unspecified atom stereocenters. The number of methoxy groups -OCH3 is 1. The third-order valence-electron chi connectivity index (χ3n) is 4.92. The van der Waals surface area contributed by atoms with E-state index in [-0.39, 0.29) is 30.2 Å². The Bertz CT molecular complexity index is 1170. The molecule has 0 spiro atoms. The first-order valence-electron chi connectivity index (χ1n) is 10.1. The molecule has 2 aromatic rings. The number of imide groups is 1. The third-order valence-corrected chi connectivity index (χ3v) is 7.56. The van der Waals surface area contributed by atoms with Gasteiger partial charge in [-0.25, -0.2) is 8.42 Å². The molecule has 1 heterocycles. The van der Waals surface area contributed by atoms with Gasteiger partial charge in [0.1, 0.15) is 5.75 Å². The van der Waals surface area contributed by atoms with Gasteiger partial charge in [-0.3, -0.25) is 19.3 Å². The summed E-state index contributed by atoms with van der Waals surface area (Å²) in [5, 5.41) is 2.15. The summed E-state index contributed by atoms with van der Waals surface area (Å²) in [7, 11) is -2.01. The monoisotopic (exact) mass is 488 g/mol. The second kappa shape index (κ2) is 10.7. The molecule has 3 amide bonds. The molecule has 0 atom stereocenters. The zero-order chi connectivity index (χ0) is 24.0. The van der Waals surface area contributed by atoms with Crippen LogP contribution in [0.2, 0.25) is 0 Å². The fourth-order valence-corrected chi connectivity index (χ4v) is 5.14. The summed E-state index contributed by atoms with van der Waals surface area (Å²) in [6.45, 7) is 1.90. The quantitative estimate of drug-likeness (QED) is 0.540. The normalized spacial score (nSPS) is 15.2. The molecule has 1 N–H and O–H groups in total. The van der Waals surface area contributed by atoms with Crippen molar-refractivity contribution in [2.75, 3.05) is 26.0 Å². The van der Waals surface area contributed by atoms with Crippen molar-refractivity contribution in [3.63, 3.8) is 0 Å². The van der Waals surface area contributed by atoms with E-state index in [1.54, 1.807) is 49.6 Å². The van der Waals surface area contributed by atoms with Crippen LogP contribution in [0.15, 0.2) is 58.3 Å². The third kappa shape index (κ3) is 6.45. The number of amides is 3. The van der Waals surface area contributed by atoms with E-state index in [0.717, 1.165) is 27.8 Å². The average molecular weight is 489 g/mol. The van der Waals surface area contributed by atoms with Crippen molar-refractivity contribution in [2.45, 2.75) is 18.2 Å². The van der Waals surface area contributed by atoms with Crippen LogP contribution in [0, 0.1) is 6.92 Å². The van der Waals surface area contributed by atoms with Crippen molar-refractivity contribution in [1.29, 1.82) is 0 Å². The molecule has 0 saturated carbocycles. The Morgan fingerprint density at radius 2 is 1.76 bits per heavy atom. The van der Waals surface area contributed by atoms with Crippen molar-refractivity contribution in [1.82, 2.24) is 10.2 Å². The van der Waals surface area contributed by atoms with Gasteiger partial charge in [0.25, 0.3) is 11.1 Å². The molecular formula is C23H24N2O6S2. The van der Waals surface area contributed by atoms with Crippen molar-refractivity contribution < 1.29 is 27.5 Å². The Morgan fingerprint density at radius 3 is 2.39 bits per heavy atom.